The third-order valence-corrected chi connectivity index (χ3v) is 3.58. The Kier molecular flexibility index (Phi) is 4.92. The number of hydrogen-bond acceptors (Lipinski definition) is 5. The molecule has 2 N–H and O–H groups in total. The lowest BCUT2D eigenvalue weighted by molar-refractivity contribution is -0.0464. The molecule has 1 fully saturated rings. The topological polar surface area (TPSA) is 93.7 Å². The summed E-state index contributed by atoms with van der Waals surface area (Å²) in [6.07, 6.45) is -0.793. The largest absolute Gasteiger partial charge is 0.394 e. The van der Waals surface area contributed by atoms with Gasteiger partial charge in [0, 0.05) is 24.7 Å². The number of aliphatic hydroxyl groups excluding tert-OH is 2. The Morgan fingerprint density at radius 1 is 1.48 bits per heavy atom. The van der Waals surface area contributed by atoms with Crippen LogP contribution >= 0.6 is 0 Å². The molecular weight excluding hydrogens is 283 g/mol. The zero-order valence-electron chi connectivity index (χ0n) is 11.7. The highest BCUT2D eigenvalue weighted by molar-refractivity contribution is 5.04. The van der Waals surface area contributed by atoms with Crippen molar-refractivity contribution in [3.05, 3.63) is 32.6 Å². The van der Waals surface area contributed by atoms with Crippen molar-refractivity contribution in [2.24, 2.45) is 0 Å². The van der Waals surface area contributed by atoms with Crippen molar-refractivity contribution in [1.29, 1.82) is 0 Å². The van der Waals surface area contributed by atoms with E-state index in [4.69, 9.17) is 9.84 Å². The van der Waals surface area contributed by atoms with Crippen molar-refractivity contribution in [2.45, 2.75) is 44.7 Å². The van der Waals surface area contributed by atoms with Gasteiger partial charge in [0.15, 0.2) is 0 Å². The molecule has 0 spiro atoms. The van der Waals surface area contributed by atoms with Crippen LogP contribution in [0.25, 0.3) is 0 Å². The Morgan fingerprint density at radius 3 is 2.76 bits per heavy atom. The SMILES string of the molecule is Cc1cn([C@@H]2C[C@H](O)[C@H](CO)O2)c(=O)n(CCCF)c1=O. The first-order chi connectivity index (χ1) is 9.99. The van der Waals surface area contributed by atoms with Crippen LogP contribution in [0.5, 0.6) is 0 Å². The Hall–Kier alpha value is -1.51. The number of alkyl halides is 1. The second-order valence-electron chi connectivity index (χ2n) is 5.12. The molecule has 0 saturated carbocycles. The highest BCUT2D eigenvalue weighted by atomic mass is 19.1. The zero-order chi connectivity index (χ0) is 15.6. The number of aliphatic hydroxyl groups is 2. The first kappa shape index (κ1) is 15.9. The van der Waals surface area contributed by atoms with Gasteiger partial charge >= 0.3 is 5.69 Å². The molecule has 3 atom stereocenters. The highest BCUT2D eigenvalue weighted by Crippen LogP contribution is 2.27. The van der Waals surface area contributed by atoms with Crippen LogP contribution in [-0.4, -0.2) is 44.8 Å². The molecule has 0 bridgehead atoms. The number of rotatable bonds is 5. The van der Waals surface area contributed by atoms with E-state index < -0.39 is 36.4 Å². The maximum absolute atomic E-state index is 12.3. The Morgan fingerprint density at radius 2 is 2.19 bits per heavy atom. The third-order valence-electron chi connectivity index (χ3n) is 3.58. The lowest BCUT2D eigenvalue weighted by Gasteiger charge is -2.17. The number of aromatic nitrogens is 2. The summed E-state index contributed by atoms with van der Waals surface area (Å²) in [5, 5.41) is 18.8. The van der Waals surface area contributed by atoms with Crippen molar-refractivity contribution in [2.75, 3.05) is 13.3 Å². The molecule has 1 aromatic rings. The molecule has 2 rings (SSSR count). The summed E-state index contributed by atoms with van der Waals surface area (Å²) in [5.74, 6) is 0. The molecule has 1 saturated heterocycles. The van der Waals surface area contributed by atoms with E-state index in [-0.39, 0.29) is 26.0 Å². The van der Waals surface area contributed by atoms with Gasteiger partial charge in [-0.15, -0.1) is 0 Å². The molecule has 118 valence electrons. The quantitative estimate of drug-likeness (QED) is 0.751. The van der Waals surface area contributed by atoms with Crippen molar-refractivity contribution in [3.63, 3.8) is 0 Å². The zero-order valence-corrected chi connectivity index (χ0v) is 11.7. The van der Waals surface area contributed by atoms with Gasteiger partial charge in [0.25, 0.3) is 5.56 Å². The second kappa shape index (κ2) is 6.50. The average Bonchev–Trinajstić information content (AvgIpc) is 2.84. The third kappa shape index (κ3) is 3.07. The lowest BCUT2D eigenvalue weighted by Crippen LogP contribution is -2.42. The van der Waals surface area contributed by atoms with Crippen molar-refractivity contribution in [1.82, 2.24) is 9.13 Å². The Labute approximate surface area is 120 Å². The number of aryl methyl sites for hydroxylation is 1. The number of nitrogens with zero attached hydrogens (tertiary/aromatic N) is 2. The number of hydrogen-bond donors (Lipinski definition) is 2. The number of halogens is 1. The van der Waals surface area contributed by atoms with Gasteiger partial charge < -0.3 is 14.9 Å². The van der Waals surface area contributed by atoms with E-state index in [2.05, 4.69) is 0 Å². The molecule has 0 aromatic carbocycles. The summed E-state index contributed by atoms with van der Waals surface area (Å²) >= 11 is 0. The first-order valence-corrected chi connectivity index (χ1v) is 6.82. The van der Waals surface area contributed by atoms with E-state index >= 15 is 0 Å². The van der Waals surface area contributed by atoms with E-state index in [1.54, 1.807) is 6.92 Å². The monoisotopic (exact) mass is 302 g/mol. The summed E-state index contributed by atoms with van der Waals surface area (Å²) in [6, 6.07) is 0. The van der Waals surface area contributed by atoms with Gasteiger partial charge in [-0.3, -0.25) is 18.3 Å². The molecule has 7 nitrogen and oxygen atoms in total. The van der Waals surface area contributed by atoms with Crippen LogP contribution < -0.4 is 11.2 Å². The van der Waals surface area contributed by atoms with Gasteiger partial charge in [0.2, 0.25) is 0 Å². The molecule has 0 radical (unpaired) electrons. The van der Waals surface area contributed by atoms with Gasteiger partial charge in [-0.25, -0.2) is 4.79 Å². The van der Waals surface area contributed by atoms with Gasteiger partial charge in [-0.2, -0.15) is 0 Å². The van der Waals surface area contributed by atoms with E-state index in [1.807, 2.05) is 0 Å². The van der Waals surface area contributed by atoms with E-state index in [1.165, 1.54) is 10.8 Å². The van der Waals surface area contributed by atoms with E-state index in [0.717, 1.165) is 4.57 Å². The second-order valence-corrected chi connectivity index (χ2v) is 5.12. The van der Waals surface area contributed by atoms with Crippen molar-refractivity contribution < 1.29 is 19.3 Å². The van der Waals surface area contributed by atoms with Crippen LogP contribution in [-0.2, 0) is 11.3 Å². The molecular formula is C13H19FN2O5. The predicted octanol–water partition coefficient (Wildman–Crippen LogP) is -0.681. The minimum atomic E-state index is -0.876. The summed E-state index contributed by atoms with van der Waals surface area (Å²) in [6.45, 7) is 0.575. The smallest absolute Gasteiger partial charge is 0.333 e. The lowest BCUT2D eigenvalue weighted by atomic mass is 10.2. The van der Waals surface area contributed by atoms with Crippen LogP contribution in [0.3, 0.4) is 0 Å². The molecule has 0 aliphatic carbocycles. The summed E-state index contributed by atoms with van der Waals surface area (Å²) in [5.41, 5.74) is -0.726. The fourth-order valence-corrected chi connectivity index (χ4v) is 2.43. The highest BCUT2D eigenvalue weighted by Gasteiger charge is 2.35. The van der Waals surface area contributed by atoms with Crippen LogP contribution in [0.2, 0.25) is 0 Å². The van der Waals surface area contributed by atoms with E-state index in [9.17, 15) is 19.1 Å². The molecule has 1 aliphatic heterocycles. The van der Waals surface area contributed by atoms with Crippen LogP contribution in [0.15, 0.2) is 15.8 Å². The minimum absolute atomic E-state index is 0.00541. The van der Waals surface area contributed by atoms with Crippen LogP contribution in [0, 0.1) is 6.92 Å². The molecule has 0 amide bonds. The van der Waals surface area contributed by atoms with Gasteiger partial charge in [-0.1, -0.05) is 0 Å². The Bertz CT molecular complexity index is 612. The Balaban J connectivity index is 2.39. The van der Waals surface area contributed by atoms with Crippen molar-refractivity contribution in [3.8, 4) is 0 Å². The first-order valence-electron chi connectivity index (χ1n) is 6.82. The standard InChI is InChI=1S/C13H19FN2O5/c1-8-6-16(11-5-9(18)10(7-17)21-11)13(20)15(12(8)19)4-2-3-14/h6,9-11,17-18H,2-5,7H2,1H3/t9-,10-,11-/m0/s1. The van der Waals surface area contributed by atoms with Gasteiger partial charge in [0.1, 0.15) is 12.3 Å². The molecule has 1 aliphatic rings. The normalized spacial score (nSPS) is 25.4. The number of ether oxygens (including phenoxy) is 1. The molecule has 8 heteroatoms. The van der Waals surface area contributed by atoms with Crippen LogP contribution in [0.4, 0.5) is 4.39 Å². The molecule has 0 unspecified atom stereocenters. The van der Waals surface area contributed by atoms with Crippen molar-refractivity contribution >= 4 is 0 Å². The maximum Gasteiger partial charge on any atom is 0.333 e. The summed E-state index contributed by atoms with van der Waals surface area (Å²) < 4.78 is 19.9. The summed E-state index contributed by atoms with van der Waals surface area (Å²) in [7, 11) is 0. The molecule has 2 heterocycles. The molecule has 1 aromatic heterocycles. The van der Waals surface area contributed by atoms with E-state index in [0.29, 0.717) is 5.56 Å². The summed E-state index contributed by atoms with van der Waals surface area (Å²) in [4.78, 5) is 24.3. The minimum Gasteiger partial charge on any atom is -0.394 e. The fourth-order valence-electron chi connectivity index (χ4n) is 2.43. The average molecular weight is 302 g/mol. The maximum atomic E-state index is 12.3. The molecule has 21 heavy (non-hydrogen) atoms. The predicted molar refractivity (Wildman–Crippen MR) is 71.9 cm³/mol. The fraction of sp³-hybridized carbons (Fsp3) is 0.692. The van der Waals surface area contributed by atoms with Gasteiger partial charge in [0.05, 0.1) is 19.4 Å². The van der Waals surface area contributed by atoms with Gasteiger partial charge in [-0.05, 0) is 13.3 Å². The van der Waals surface area contributed by atoms with Crippen LogP contribution in [0.1, 0.15) is 24.6 Å².